The van der Waals surface area contributed by atoms with Crippen LogP contribution in [0.15, 0.2) is 42.5 Å². The van der Waals surface area contributed by atoms with E-state index in [0.29, 0.717) is 22.6 Å². The Morgan fingerprint density at radius 3 is 2.14 bits per heavy atom. The molecule has 0 amide bonds. The van der Waals surface area contributed by atoms with Crippen LogP contribution >= 0.6 is 11.6 Å². The summed E-state index contributed by atoms with van der Waals surface area (Å²) in [6, 6.07) is 13.0. The third-order valence-electron chi connectivity index (χ3n) is 4.20. The van der Waals surface area contributed by atoms with E-state index in [0.717, 1.165) is 24.1 Å². The molecule has 2 aromatic rings. The van der Waals surface area contributed by atoms with Crippen LogP contribution in [-0.4, -0.2) is 13.6 Å². The van der Waals surface area contributed by atoms with E-state index in [9.17, 15) is 13.2 Å². The zero-order valence-corrected chi connectivity index (χ0v) is 18.5. The minimum Gasteiger partial charge on any atom is -0.319 e. The van der Waals surface area contributed by atoms with Crippen LogP contribution in [0.2, 0.25) is 5.02 Å². The second kappa shape index (κ2) is 14.0. The highest BCUT2D eigenvalue weighted by atomic mass is 35.5. The Morgan fingerprint density at radius 1 is 1.14 bits per heavy atom. The molecule has 0 aliphatic heterocycles. The van der Waals surface area contributed by atoms with E-state index in [1.54, 1.807) is 25.1 Å². The number of alkyl halides is 3. The zero-order valence-electron chi connectivity index (χ0n) is 17.7. The molecule has 2 aromatic carbocycles. The van der Waals surface area contributed by atoms with Crippen molar-refractivity contribution in [1.82, 2.24) is 5.32 Å². The van der Waals surface area contributed by atoms with Crippen LogP contribution < -0.4 is 5.32 Å². The van der Waals surface area contributed by atoms with Gasteiger partial charge in [-0.3, -0.25) is 0 Å². The average Bonchev–Trinajstić information content (AvgIpc) is 2.68. The van der Waals surface area contributed by atoms with Crippen molar-refractivity contribution in [3.63, 3.8) is 0 Å². The van der Waals surface area contributed by atoms with Crippen molar-refractivity contribution in [2.45, 2.75) is 46.7 Å². The van der Waals surface area contributed by atoms with Crippen LogP contribution in [-0.2, 0) is 12.6 Å². The summed E-state index contributed by atoms with van der Waals surface area (Å²) >= 11 is 5.71. The van der Waals surface area contributed by atoms with E-state index < -0.39 is 11.7 Å². The van der Waals surface area contributed by atoms with Gasteiger partial charge in [0.15, 0.2) is 0 Å². The first-order valence-electron chi connectivity index (χ1n) is 9.56. The number of nitrogens with zero attached hydrogens (tertiary/aromatic N) is 1. The molecule has 0 bridgehead atoms. The lowest BCUT2D eigenvalue weighted by atomic mass is 10.1. The third-order valence-corrected chi connectivity index (χ3v) is 4.51. The molecule has 1 unspecified atom stereocenters. The summed E-state index contributed by atoms with van der Waals surface area (Å²) in [4.78, 5) is 0. The van der Waals surface area contributed by atoms with Crippen molar-refractivity contribution < 1.29 is 13.2 Å². The zero-order chi connectivity index (χ0) is 22.4. The number of hydrogen-bond donors (Lipinski definition) is 1. The maximum absolute atomic E-state index is 12.2. The number of rotatable bonds is 4. The van der Waals surface area contributed by atoms with Gasteiger partial charge in [-0.2, -0.15) is 18.4 Å². The van der Waals surface area contributed by atoms with Gasteiger partial charge in [0.1, 0.15) is 6.07 Å². The Bertz CT molecular complexity index is 767. The summed E-state index contributed by atoms with van der Waals surface area (Å²) in [5.74, 6) is 0.838. The van der Waals surface area contributed by atoms with Gasteiger partial charge in [-0.05, 0) is 62.2 Å². The molecule has 160 valence electrons. The molecule has 6 heteroatoms. The van der Waals surface area contributed by atoms with Crippen molar-refractivity contribution in [1.29, 1.82) is 5.26 Å². The maximum Gasteiger partial charge on any atom is 0.416 e. The highest BCUT2D eigenvalue weighted by Gasteiger charge is 2.32. The van der Waals surface area contributed by atoms with Crippen LogP contribution in [0.4, 0.5) is 13.2 Å². The first-order valence-corrected chi connectivity index (χ1v) is 9.94. The monoisotopic (exact) mass is 426 g/mol. The summed E-state index contributed by atoms with van der Waals surface area (Å²) in [5, 5.41) is 12.1. The Morgan fingerprint density at radius 2 is 1.76 bits per heavy atom. The van der Waals surface area contributed by atoms with Crippen LogP contribution in [0.3, 0.4) is 0 Å². The predicted molar refractivity (Wildman–Crippen MR) is 115 cm³/mol. The van der Waals surface area contributed by atoms with Gasteiger partial charge in [0.05, 0.1) is 16.1 Å². The lowest BCUT2D eigenvalue weighted by molar-refractivity contribution is -0.138. The third kappa shape index (κ3) is 10.9. The van der Waals surface area contributed by atoms with E-state index in [2.05, 4.69) is 19.2 Å². The normalized spacial score (nSPS) is 11.3. The van der Waals surface area contributed by atoms with Crippen molar-refractivity contribution in [3.05, 3.63) is 69.7 Å². The number of nitriles is 1. The van der Waals surface area contributed by atoms with Gasteiger partial charge in [0.2, 0.25) is 0 Å². The van der Waals surface area contributed by atoms with Crippen molar-refractivity contribution in [2.75, 3.05) is 13.6 Å². The largest absolute Gasteiger partial charge is 0.416 e. The van der Waals surface area contributed by atoms with Gasteiger partial charge in [-0.1, -0.05) is 63.1 Å². The molecule has 29 heavy (non-hydrogen) atoms. The number of hydrogen-bond acceptors (Lipinski definition) is 2. The SMILES string of the molecule is CCC(C)CNC.CCc1ccccc1C(F)(F)F.Cc1ccc(C#N)c(Cl)c1. The fourth-order valence-electron chi connectivity index (χ4n) is 2.31. The van der Waals surface area contributed by atoms with Gasteiger partial charge in [0.25, 0.3) is 0 Å². The molecule has 0 heterocycles. The number of halogens is 4. The number of nitrogens with one attached hydrogen (secondary N) is 1. The molecular weight excluding hydrogens is 397 g/mol. The maximum atomic E-state index is 12.2. The Hall–Kier alpha value is -2.03. The molecule has 0 aliphatic rings. The highest BCUT2D eigenvalue weighted by Crippen LogP contribution is 2.31. The molecule has 0 fully saturated rings. The Kier molecular flexibility index (Phi) is 13.0. The Balaban J connectivity index is 0.000000421. The molecule has 2 rings (SSSR count). The smallest absolute Gasteiger partial charge is 0.319 e. The van der Waals surface area contributed by atoms with E-state index >= 15 is 0 Å². The van der Waals surface area contributed by atoms with Gasteiger partial charge < -0.3 is 5.32 Å². The molecule has 0 saturated heterocycles. The first kappa shape index (κ1) is 27.0. The Labute approximate surface area is 177 Å². The minimum absolute atomic E-state index is 0.352. The molecule has 0 radical (unpaired) electrons. The molecule has 2 nitrogen and oxygen atoms in total. The van der Waals surface area contributed by atoms with Gasteiger partial charge >= 0.3 is 6.18 Å². The second-order valence-electron chi connectivity index (χ2n) is 6.67. The quantitative estimate of drug-likeness (QED) is 0.569. The van der Waals surface area contributed by atoms with Gasteiger partial charge in [0, 0.05) is 0 Å². The topological polar surface area (TPSA) is 35.8 Å². The van der Waals surface area contributed by atoms with Crippen LogP contribution in [0.25, 0.3) is 0 Å². The standard InChI is InChI=1S/C9H9F3.C8H6ClN.C6H15N/c1-2-7-5-3-4-6-8(7)9(10,11)12;1-6-2-3-7(5-10)8(9)4-6;1-4-6(2)5-7-3/h3-6H,2H2,1H3;2-4H,1H3;6-7H,4-5H2,1-3H3. The fourth-order valence-corrected chi connectivity index (χ4v) is 2.59. The first-order chi connectivity index (χ1) is 13.6. The summed E-state index contributed by atoms with van der Waals surface area (Å²) in [7, 11) is 1.99. The molecular formula is C23H30ClF3N2. The van der Waals surface area contributed by atoms with Gasteiger partial charge in [-0.25, -0.2) is 0 Å². The molecule has 0 aromatic heterocycles. The van der Waals surface area contributed by atoms with Crippen LogP contribution in [0.5, 0.6) is 0 Å². The predicted octanol–water partition coefficient (Wildman–Crippen LogP) is 7.04. The minimum atomic E-state index is -4.22. The fraction of sp³-hybridized carbons (Fsp3) is 0.435. The highest BCUT2D eigenvalue weighted by molar-refractivity contribution is 6.31. The number of aryl methyl sites for hydroxylation is 2. The van der Waals surface area contributed by atoms with Crippen molar-refractivity contribution in [2.24, 2.45) is 5.92 Å². The average molecular weight is 427 g/mol. The summed E-state index contributed by atoms with van der Waals surface area (Å²) in [6.07, 6.45) is -2.52. The van der Waals surface area contributed by atoms with E-state index in [1.807, 2.05) is 26.1 Å². The second-order valence-corrected chi connectivity index (χ2v) is 7.08. The molecule has 0 spiro atoms. The van der Waals surface area contributed by atoms with E-state index in [1.165, 1.54) is 18.6 Å². The molecule has 1 N–H and O–H groups in total. The number of benzene rings is 2. The summed E-state index contributed by atoms with van der Waals surface area (Å²) in [5.41, 5.74) is 1.44. The molecule has 0 aliphatic carbocycles. The summed E-state index contributed by atoms with van der Waals surface area (Å²) in [6.45, 7) is 9.26. The lowest BCUT2D eigenvalue weighted by Crippen LogP contribution is -2.14. The summed E-state index contributed by atoms with van der Waals surface area (Å²) < 4.78 is 36.7. The lowest BCUT2D eigenvalue weighted by Gasteiger charge is -2.10. The van der Waals surface area contributed by atoms with E-state index in [4.69, 9.17) is 16.9 Å². The van der Waals surface area contributed by atoms with E-state index in [-0.39, 0.29) is 0 Å². The molecule has 0 saturated carbocycles. The van der Waals surface area contributed by atoms with Crippen LogP contribution in [0, 0.1) is 24.2 Å². The van der Waals surface area contributed by atoms with Gasteiger partial charge in [-0.15, -0.1) is 0 Å². The van der Waals surface area contributed by atoms with Crippen molar-refractivity contribution >= 4 is 11.6 Å². The van der Waals surface area contributed by atoms with Crippen molar-refractivity contribution in [3.8, 4) is 6.07 Å². The molecule has 1 atom stereocenters. The van der Waals surface area contributed by atoms with Crippen LogP contribution in [0.1, 0.15) is 49.4 Å².